The van der Waals surface area contributed by atoms with Gasteiger partial charge >= 0.3 is 12.1 Å². The Balaban J connectivity index is 2.10. The quantitative estimate of drug-likeness (QED) is 0.830. The Morgan fingerprint density at radius 3 is 2.22 bits per heavy atom. The van der Waals surface area contributed by atoms with E-state index in [-0.39, 0.29) is 12.1 Å². The van der Waals surface area contributed by atoms with Crippen molar-refractivity contribution in [1.82, 2.24) is 15.1 Å². The van der Waals surface area contributed by atoms with E-state index in [1.165, 1.54) is 12.1 Å². The fourth-order valence-electron chi connectivity index (χ4n) is 2.53. The van der Waals surface area contributed by atoms with E-state index in [4.69, 9.17) is 5.11 Å². The number of benzene rings is 1. The van der Waals surface area contributed by atoms with Gasteiger partial charge in [-0.05, 0) is 44.9 Å². The molecule has 0 atom stereocenters. The molecule has 1 amide bonds. The van der Waals surface area contributed by atoms with Gasteiger partial charge in [-0.3, -0.25) is 9.48 Å². The van der Waals surface area contributed by atoms with Crippen molar-refractivity contribution < 1.29 is 27.9 Å². The molecule has 2 N–H and O–H groups in total. The van der Waals surface area contributed by atoms with Crippen LogP contribution in [0.15, 0.2) is 30.5 Å². The van der Waals surface area contributed by atoms with Gasteiger partial charge in [0.15, 0.2) is 5.69 Å². The number of nitrogens with zero attached hydrogens (tertiary/aromatic N) is 2. The Morgan fingerprint density at radius 2 is 1.74 bits per heavy atom. The third kappa shape index (κ3) is 4.87. The summed E-state index contributed by atoms with van der Waals surface area (Å²) < 4.78 is 41.1. The number of carbonyl (C=O) groups excluding carboxylic acids is 1. The fourth-order valence-corrected chi connectivity index (χ4v) is 2.53. The number of alkyl halides is 3. The summed E-state index contributed by atoms with van der Waals surface area (Å²) in [5.41, 5.74) is -1.67. The molecule has 0 bridgehead atoms. The van der Waals surface area contributed by atoms with Crippen LogP contribution in [-0.2, 0) is 18.1 Å². The van der Waals surface area contributed by atoms with Gasteiger partial charge in [0.05, 0.1) is 22.9 Å². The van der Waals surface area contributed by atoms with Crippen LogP contribution in [0.3, 0.4) is 0 Å². The predicted molar refractivity (Wildman–Crippen MR) is 91.7 cm³/mol. The van der Waals surface area contributed by atoms with Gasteiger partial charge in [0.1, 0.15) is 0 Å². The smallest absolute Gasteiger partial charge is 0.433 e. The van der Waals surface area contributed by atoms with Crippen LogP contribution >= 0.6 is 0 Å². The van der Waals surface area contributed by atoms with Crippen LogP contribution in [0.2, 0.25) is 0 Å². The number of hydrogen-bond acceptors (Lipinski definition) is 3. The van der Waals surface area contributed by atoms with Crippen molar-refractivity contribution in [1.29, 1.82) is 0 Å². The highest BCUT2D eigenvalue weighted by Gasteiger charge is 2.42. The van der Waals surface area contributed by atoms with Crippen LogP contribution in [-0.4, -0.2) is 33.3 Å². The van der Waals surface area contributed by atoms with E-state index in [1.54, 1.807) is 32.9 Å². The lowest BCUT2D eigenvalue weighted by molar-refractivity contribution is -0.146. The van der Waals surface area contributed by atoms with Crippen LogP contribution in [0.5, 0.6) is 0 Å². The standard InChI is InChI=1S/C18H20F3N3O3/c1-17(2,3)24-14(18(19,20)21)13(10-23-24)15(25)22-9-8-11-4-6-12(7-5-11)16(26)27/h4-7,10H,8-9H2,1-3H3,(H,22,25)(H,26,27). The average molecular weight is 383 g/mol. The van der Waals surface area contributed by atoms with Crippen LogP contribution in [0, 0.1) is 0 Å². The van der Waals surface area contributed by atoms with Crippen molar-refractivity contribution in [2.24, 2.45) is 0 Å². The zero-order chi connectivity index (χ0) is 20.4. The van der Waals surface area contributed by atoms with Gasteiger partial charge in [0.2, 0.25) is 0 Å². The number of amides is 1. The molecule has 0 saturated carbocycles. The maximum absolute atomic E-state index is 13.4. The van der Waals surface area contributed by atoms with Crippen LogP contribution in [0.4, 0.5) is 13.2 Å². The van der Waals surface area contributed by atoms with Crippen molar-refractivity contribution in [3.63, 3.8) is 0 Å². The Bertz CT molecular complexity index is 834. The van der Waals surface area contributed by atoms with Gasteiger partial charge in [-0.25, -0.2) is 4.79 Å². The normalized spacial score (nSPS) is 12.1. The number of carboxylic acid groups (broad SMARTS) is 1. The molecule has 6 nitrogen and oxygen atoms in total. The molecule has 27 heavy (non-hydrogen) atoms. The minimum atomic E-state index is -4.72. The highest BCUT2D eigenvalue weighted by molar-refractivity contribution is 5.95. The van der Waals surface area contributed by atoms with Gasteiger partial charge < -0.3 is 10.4 Å². The minimum Gasteiger partial charge on any atom is -0.478 e. The summed E-state index contributed by atoms with van der Waals surface area (Å²) >= 11 is 0. The Hall–Kier alpha value is -2.84. The van der Waals surface area contributed by atoms with E-state index < -0.39 is 34.8 Å². The van der Waals surface area contributed by atoms with E-state index in [2.05, 4.69) is 10.4 Å². The first kappa shape index (κ1) is 20.5. The topological polar surface area (TPSA) is 84.2 Å². The van der Waals surface area contributed by atoms with E-state index in [0.717, 1.165) is 16.4 Å². The Morgan fingerprint density at radius 1 is 1.15 bits per heavy atom. The summed E-state index contributed by atoms with van der Waals surface area (Å²) in [5, 5.41) is 15.0. The highest BCUT2D eigenvalue weighted by Crippen LogP contribution is 2.34. The van der Waals surface area contributed by atoms with Crippen molar-refractivity contribution in [2.45, 2.75) is 38.9 Å². The first-order valence-corrected chi connectivity index (χ1v) is 8.17. The second-order valence-corrected chi connectivity index (χ2v) is 7.00. The number of rotatable bonds is 5. The van der Waals surface area contributed by atoms with Gasteiger partial charge in [-0.2, -0.15) is 18.3 Å². The summed E-state index contributed by atoms with van der Waals surface area (Å²) in [7, 11) is 0. The van der Waals surface area contributed by atoms with Gasteiger partial charge in [-0.15, -0.1) is 0 Å². The van der Waals surface area contributed by atoms with E-state index >= 15 is 0 Å². The van der Waals surface area contributed by atoms with E-state index in [9.17, 15) is 22.8 Å². The third-order valence-corrected chi connectivity index (χ3v) is 3.82. The number of hydrogen-bond donors (Lipinski definition) is 2. The first-order chi connectivity index (χ1) is 12.4. The molecule has 0 spiro atoms. The molecule has 0 aliphatic rings. The lowest BCUT2D eigenvalue weighted by Crippen LogP contribution is -2.32. The molecule has 0 saturated heterocycles. The number of carboxylic acids is 1. The maximum atomic E-state index is 13.4. The molecule has 0 unspecified atom stereocenters. The molecular weight excluding hydrogens is 363 g/mol. The lowest BCUT2D eigenvalue weighted by atomic mass is 10.1. The molecule has 0 aliphatic carbocycles. The minimum absolute atomic E-state index is 0.100. The number of halogens is 3. The number of aromatic nitrogens is 2. The van der Waals surface area contributed by atoms with E-state index in [0.29, 0.717) is 6.42 Å². The van der Waals surface area contributed by atoms with E-state index in [1.807, 2.05) is 0 Å². The second-order valence-electron chi connectivity index (χ2n) is 7.00. The first-order valence-electron chi connectivity index (χ1n) is 8.17. The van der Waals surface area contributed by atoms with Crippen LogP contribution in [0.1, 0.15) is 52.7 Å². The van der Waals surface area contributed by atoms with Crippen LogP contribution in [0.25, 0.3) is 0 Å². The van der Waals surface area contributed by atoms with Gasteiger partial charge in [0.25, 0.3) is 5.91 Å². The zero-order valence-corrected chi connectivity index (χ0v) is 15.1. The summed E-state index contributed by atoms with van der Waals surface area (Å²) in [6, 6.07) is 6.03. The van der Waals surface area contributed by atoms with Crippen molar-refractivity contribution in [3.8, 4) is 0 Å². The lowest BCUT2D eigenvalue weighted by Gasteiger charge is -2.23. The van der Waals surface area contributed by atoms with Crippen molar-refractivity contribution >= 4 is 11.9 Å². The predicted octanol–water partition coefficient (Wildman–Crippen LogP) is 3.33. The molecule has 0 radical (unpaired) electrons. The van der Waals surface area contributed by atoms with Crippen molar-refractivity contribution in [2.75, 3.05) is 6.54 Å². The van der Waals surface area contributed by atoms with Crippen LogP contribution < -0.4 is 5.32 Å². The largest absolute Gasteiger partial charge is 0.478 e. The molecule has 146 valence electrons. The SMILES string of the molecule is CC(C)(C)n1ncc(C(=O)NCCc2ccc(C(=O)O)cc2)c1C(F)(F)F. The molecule has 2 aromatic rings. The summed E-state index contributed by atoms with van der Waals surface area (Å²) in [5.74, 6) is -1.91. The fraction of sp³-hybridized carbons (Fsp3) is 0.389. The van der Waals surface area contributed by atoms with Crippen molar-refractivity contribution in [3.05, 3.63) is 52.8 Å². The maximum Gasteiger partial charge on any atom is 0.433 e. The molecule has 2 rings (SSSR count). The average Bonchev–Trinajstić information content (AvgIpc) is 3.01. The second kappa shape index (κ2) is 7.42. The molecule has 0 fully saturated rings. The summed E-state index contributed by atoms with van der Waals surface area (Å²) in [6.45, 7) is 4.80. The van der Waals surface area contributed by atoms with Gasteiger partial charge in [0, 0.05) is 6.54 Å². The highest BCUT2D eigenvalue weighted by atomic mass is 19.4. The third-order valence-electron chi connectivity index (χ3n) is 3.82. The number of nitrogens with one attached hydrogen (secondary N) is 1. The summed E-state index contributed by atoms with van der Waals surface area (Å²) in [6.07, 6.45) is -3.45. The monoisotopic (exact) mass is 383 g/mol. The molecule has 1 heterocycles. The summed E-state index contributed by atoms with van der Waals surface area (Å²) in [4.78, 5) is 23.0. The Labute approximate surface area is 154 Å². The molecule has 1 aromatic heterocycles. The molecule has 0 aliphatic heterocycles. The molecular formula is C18H20F3N3O3. The zero-order valence-electron chi connectivity index (χ0n) is 15.1. The molecule has 1 aromatic carbocycles. The molecule has 9 heteroatoms. The number of aromatic carboxylic acids is 1. The number of carbonyl (C=O) groups is 2. The Kier molecular flexibility index (Phi) is 5.62. The van der Waals surface area contributed by atoms with Gasteiger partial charge in [-0.1, -0.05) is 12.1 Å².